The van der Waals surface area contributed by atoms with Crippen LogP contribution < -0.4 is 0 Å². The molecule has 1 aliphatic rings. The maximum Gasteiger partial charge on any atom is 0.0630 e. The van der Waals surface area contributed by atoms with Gasteiger partial charge >= 0.3 is 0 Å². The van der Waals surface area contributed by atoms with Crippen molar-refractivity contribution >= 4 is 0 Å². The van der Waals surface area contributed by atoms with Gasteiger partial charge in [-0.1, -0.05) is 0 Å². The van der Waals surface area contributed by atoms with E-state index < -0.39 is 0 Å². The van der Waals surface area contributed by atoms with Crippen LogP contribution in [0.2, 0.25) is 0 Å². The molecule has 0 aliphatic carbocycles. The van der Waals surface area contributed by atoms with Gasteiger partial charge in [0.05, 0.1) is 5.69 Å². The summed E-state index contributed by atoms with van der Waals surface area (Å²) >= 11 is 0. The van der Waals surface area contributed by atoms with Crippen molar-refractivity contribution in [2.45, 2.75) is 25.3 Å². The molecule has 1 aliphatic heterocycles. The van der Waals surface area contributed by atoms with E-state index in [0.29, 0.717) is 5.92 Å². The van der Waals surface area contributed by atoms with Crippen LogP contribution in [-0.2, 0) is 6.54 Å². The summed E-state index contributed by atoms with van der Waals surface area (Å²) in [5, 5.41) is 0. The Morgan fingerprint density at radius 2 is 2.00 bits per heavy atom. The maximum atomic E-state index is 4.44. The molecule has 0 spiro atoms. The van der Waals surface area contributed by atoms with Crippen molar-refractivity contribution in [3.8, 4) is 0 Å². The molecule has 1 saturated heterocycles. The lowest BCUT2D eigenvalue weighted by Crippen LogP contribution is -2.34. The SMILES string of the molecule is c1cc(CN2CCC[C@H](c3cnccn3)C2)ccn1. The zero-order valence-electron chi connectivity index (χ0n) is 10.9. The third-order valence-electron chi connectivity index (χ3n) is 3.66. The van der Waals surface area contributed by atoms with Crippen LogP contribution in [0, 0.1) is 0 Å². The van der Waals surface area contributed by atoms with Crippen LogP contribution in [0.15, 0.2) is 43.1 Å². The first-order valence-corrected chi connectivity index (χ1v) is 6.79. The molecule has 98 valence electrons. The summed E-state index contributed by atoms with van der Waals surface area (Å²) in [6.07, 6.45) is 11.6. The van der Waals surface area contributed by atoms with Crippen LogP contribution in [0.1, 0.15) is 30.0 Å². The molecule has 2 aromatic rings. The van der Waals surface area contributed by atoms with Crippen molar-refractivity contribution in [1.82, 2.24) is 19.9 Å². The van der Waals surface area contributed by atoms with E-state index in [1.54, 1.807) is 12.4 Å². The molecule has 0 unspecified atom stereocenters. The summed E-state index contributed by atoms with van der Waals surface area (Å²) in [5.74, 6) is 0.518. The van der Waals surface area contributed by atoms with Crippen LogP contribution >= 0.6 is 0 Å². The standard InChI is InChI=1S/C15H18N4/c1-2-14(15-10-17-7-8-18-15)12-19(9-1)11-13-3-5-16-6-4-13/h3-8,10,14H,1-2,9,11-12H2/t14-/m0/s1. The predicted molar refractivity (Wildman–Crippen MR) is 73.5 cm³/mol. The highest BCUT2D eigenvalue weighted by molar-refractivity contribution is 5.11. The fraction of sp³-hybridized carbons (Fsp3) is 0.400. The smallest absolute Gasteiger partial charge is 0.0630 e. The number of nitrogens with zero attached hydrogens (tertiary/aromatic N) is 4. The number of piperidine rings is 1. The van der Waals surface area contributed by atoms with Gasteiger partial charge in [-0.05, 0) is 37.1 Å². The van der Waals surface area contributed by atoms with Gasteiger partial charge in [-0.2, -0.15) is 0 Å². The number of pyridine rings is 1. The van der Waals surface area contributed by atoms with Crippen LogP contribution in [0.3, 0.4) is 0 Å². The van der Waals surface area contributed by atoms with E-state index in [0.717, 1.165) is 18.8 Å². The third-order valence-corrected chi connectivity index (χ3v) is 3.66. The van der Waals surface area contributed by atoms with E-state index in [1.165, 1.54) is 24.9 Å². The number of hydrogen-bond acceptors (Lipinski definition) is 4. The normalized spacial score (nSPS) is 20.3. The van der Waals surface area contributed by atoms with Gasteiger partial charge in [0.25, 0.3) is 0 Å². The van der Waals surface area contributed by atoms with E-state index in [9.17, 15) is 0 Å². The van der Waals surface area contributed by atoms with Crippen molar-refractivity contribution in [2.75, 3.05) is 13.1 Å². The zero-order chi connectivity index (χ0) is 12.9. The lowest BCUT2D eigenvalue weighted by Gasteiger charge is -2.32. The summed E-state index contributed by atoms with van der Waals surface area (Å²) in [4.78, 5) is 15.2. The molecule has 0 radical (unpaired) electrons. The average Bonchev–Trinajstić information content (AvgIpc) is 2.49. The fourth-order valence-corrected chi connectivity index (χ4v) is 2.71. The first-order valence-electron chi connectivity index (χ1n) is 6.79. The minimum Gasteiger partial charge on any atom is -0.298 e. The van der Waals surface area contributed by atoms with Crippen molar-refractivity contribution in [2.24, 2.45) is 0 Å². The molecule has 2 aromatic heterocycles. The van der Waals surface area contributed by atoms with Gasteiger partial charge in [-0.25, -0.2) is 0 Å². The van der Waals surface area contributed by atoms with Crippen LogP contribution in [0.4, 0.5) is 0 Å². The minimum atomic E-state index is 0.518. The Morgan fingerprint density at radius 3 is 2.79 bits per heavy atom. The highest BCUT2D eigenvalue weighted by atomic mass is 15.1. The van der Waals surface area contributed by atoms with E-state index in [2.05, 4.69) is 32.0 Å². The molecule has 3 rings (SSSR count). The number of rotatable bonds is 3. The first kappa shape index (κ1) is 12.2. The number of aromatic nitrogens is 3. The molecule has 0 saturated carbocycles. The molecule has 1 atom stereocenters. The van der Waals surface area contributed by atoms with E-state index in [1.807, 2.05) is 18.6 Å². The Hall–Kier alpha value is -1.81. The second kappa shape index (κ2) is 5.89. The number of hydrogen-bond donors (Lipinski definition) is 0. The summed E-state index contributed by atoms with van der Waals surface area (Å²) in [7, 11) is 0. The molecule has 0 bridgehead atoms. The van der Waals surface area contributed by atoms with E-state index >= 15 is 0 Å². The van der Waals surface area contributed by atoms with Gasteiger partial charge in [0, 0.05) is 50.0 Å². The summed E-state index contributed by atoms with van der Waals surface area (Å²) in [6, 6.07) is 4.18. The van der Waals surface area contributed by atoms with Crippen molar-refractivity contribution in [3.05, 3.63) is 54.4 Å². The lowest BCUT2D eigenvalue weighted by atomic mass is 9.95. The molecule has 19 heavy (non-hydrogen) atoms. The quantitative estimate of drug-likeness (QED) is 0.842. The highest BCUT2D eigenvalue weighted by Crippen LogP contribution is 2.25. The van der Waals surface area contributed by atoms with Crippen LogP contribution in [-0.4, -0.2) is 32.9 Å². The summed E-state index contributed by atoms with van der Waals surface area (Å²) in [6.45, 7) is 3.24. The second-order valence-electron chi connectivity index (χ2n) is 5.06. The molecule has 4 heteroatoms. The Balaban J connectivity index is 1.65. The minimum absolute atomic E-state index is 0.518. The molecular weight excluding hydrogens is 236 g/mol. The Morgan fingerprint density at radius 1 is 1.11 bits per heavy atom. The Labute approximate surface area is 113 Å². The largest absolute Gasteiger partial charge is 0.298 e. The predicted octanol–water partition coefficient (Wildman–Crippen LogP) is 2.25. The lowest BCUT2D eigenvalue weighted by molar-refractivity contribution is 0.198. The fourth-order valence-electron chi connectivity index (χ4n) is 2.71. The maximum absolute atomic E-state index is 4.44. The summed E-state index contributed by atoms with van der Waals surface area (Å²) < 4.78 is 0. The molecule has 4 nitrogen and oxygen atoms in total. The topological polar surface area (TPSA) is 41.9 Å². The van der Waals surface area contributed by atoms with Gasteiger partial charge in [0.15, 0.2) is 0 Å². The zero-order valence-corrected chi connectivity index (χ0v) is 10.9. The third kappa shape index (κ3) is 3.15. The highest BCUT2D eigenvalue weighted by Gasteiger charge is 2.22. The van der Waals surface area contributed by atoms with Crippen molar-refractivity contribution < 1.29 is 0 Å². The Bertz CT molecular complexity index is 500. The summed E-state index contributed by atoms with van der Waals surface area (Å²) in [5.41, 5.74) is 2.46. The van der Waals surface area contributed by atoms with Crippen LogP contribution in [0.25, 0.3) is 0 Å². The van der Waals surface area contributed by atoms with Crippen molar-refractivity contribution in [3.63, 3.8) is 0 Å². The average molecular weight is 254 g/mol. The molecule has 0 aromatic carbocycles. The van der Waals surface area contributed by atoms with Gasteiger partial charge in [-0.15, -0.1) is 0 Å². The van der Waals surface area contributed by atoms with E-state index in [-0.39, 0.29) is 0 Å². The van der Waals surface area contributed by atoms with Crippen LogP contribution in [0.5, 0.6) is 0 Å². The van der Waals surface area contributed by atoms with Gasteiger partial charge < -0.3 is 0 Å². The first-order chi connectivity index (χ1) is 9.42. The molecule has 3 heterocycles. The van der Waals surface area contributed by atoms with E-state index in [4.69, 9.17) is 0 Å². The Kier molecular flexibility index (Phi) is 3.79. The van der Waals surface area contributed by atoms with Crippen molar-refractivity contribution in [1.29, 1.82) is 0 Å². The molecule has 1 fully saturated rings. The van der Waals surface area contributed by atoms with Gasteiger partial charge in [0.1, 0.15) is 0 Å². The molecular formula is C15H18N4. The molecule has 0 N–H and O–H groups in total. The second-order valence-corrected chi connectivity index (χ2v) is 5.06. The molecule has 0 amide bonds. The monoisotopic (exact) mass is 254 g/mol. The van der Waals surface area contributed by atoms with Gasteiger partial charge in [-0.3, -0.25) is 19.9 Å². The number of likely N-dealkylation sites (tertiary alicyclic amines) is 1. The van der Waals surface area contributed by atoms with Gasteiger partial charge in [0.2, 0.25) is 0 Å².